The highest BCUT2D eigenvalue weighted by Gasteiger charge is 2.19. The minimum Gasteiger partial charge on any atom is -0.491 e. The molecule has 0 aliphatic rings. The van der Waals surface area contributed by atoms with Crippen LogP contribution in [-0.2, 0) is 0 Å². The average molecular weight is 290 g/mol. The first-order chi connectivity index (χ1) is 9.90. The van der Waals surface area contributed by atoms with E-state index >= 15 is 0 Å². The van der Waals surface area contributed by atoms with Crippen molar-refractivity contribution in [3.8, 4) is 5.75 Å². The first kappa shape index (κ1) is 15.2. The van der Waals surface area contributed by atoms with Crippen LogP contribution in [0.1, 0.15) is 35.3 Å². The molecular formula is C17H16F2O2. The number of ketones is 1. The lowest BCUT2D eigenvalue weighted by molar-refractivity contribution is 0.103. The van der Waals surface area contributed by atoms with Crippen molar-refractivity contribution in [2.24, 2.45) is 0 Å². The van der Waals surface area contributed by atoms with Crippen LogP contribution in [-0.4, -0.2) is 11.9 Å². The predicted octanol–water partition coefficient (Wildman–Crippen LogP) is 4.29. The van der Waals surface area contributed by atoms with Crippen molar-refractivity contribution in [1.82, 2.24) is 0 Å². The van der Waals surface area contributed by atoms with E-state index in [9.17, 15) is 13.6 Å². The lowest BCUT2D eigenvalue weighted by Gasteiger charge is -2.11. The van der Waals surface area contributed by atoms with E-state index in [1.165, 1.54) is 25.1 Å². The molecule has 0 aliphatic carbocycles. The van der Waals surface area contributed by atoms with Crippen molar-refractivity contribution in [3.05, 3.63) is 64.7 Å². The molecule has 0 N–H and O–H groups in total. The van der Waals surface area contributed by atoms with Gasteiger partial charge in [-0.1, -0.05) is 18.2 Å². The van der Waals surface area contributed by atoms with Crippen LogP contribution < -0.4 is 4.74 Å². The zero-order valence-electron chi connectivity index (χ0n) is 12.1. The van der Waals surface area contributed by atoms with E-state index in [1.54, 1.807) is 18.2 Å². The second-order valence-corrected chi connectivity index (χ2v) is 5.08. The Morgan fingerprint density at radius 1 is 1.10 bits per heavy atom. The molecule has 2 aromatic carbocycles. The lowest BCUT2D eigenvalue weighted by atomic mass is 10.0. The summed E-state index contributed by atoms with van der Waals surface area (Å²) in [7, 11) is 0. The van der Waals surface area contributed by atoms with Crippen LogP contribution in [0.2, 0.25) is 0 Å². The summed E-state index contributed by atoms with van der Waals surface area (Å²) in [5, 5.41) is 0. The standard InChI is InChI=1S/C17H16F2O2/c1-10(2)21-13-6-4-5-12(9-13)17(20)14-8-7-11(3)15(18)16(14)19/h4-10H,1-3H3. The zero-order valence-corrected chi connectivity index (χ0v) is 12.1. The third-order valence-electron chi connectivity index (χ3n) is 2.99. The average Bonchev–Trinajstić information content (AvgIpc) is 2.44. The fraction of sp³-hybridized carbons (Fsp3) is 0.235. The summed E-state index contributed by atoms with van der Waals surface area (Å²) in [6.45, 7) is 5.18. The van der Waals surface area contributed by atoms with Crippen molar-refractivity contribution in [2.75, 3.05) is 0 Å². The number of hydrogen-bond donors (Lipinski definition) is 0. The van der Waals surface area contributed by atoms with Crippen LogP contribution >= 0.6 is 0 Å². The Hall–Kier alpha value is -2.23. The summed E-state index contributed by atoms with van der Waals surface area (Å²) in [5.41, 5.74) is 0.149. The van der Waals surface area contributed by atoms with Crippen molar-refractivity contribution in [1.29, 1.82) is 0 Å². The second kappa shape index (κ2) is 6.04. The molecule has 110 valence electrons. The summed E-state index contributed by atoms with van der Waals surface area (Å²) in [6, 6.07) is 9.12. The van der Waals surface area contributed by atoms with E-state index < -0.39 is 17.4 Å². The molecule has 2 nitrogen and oxygen atoms in total. The largest absolute Gasteiger partial charge is 0.491 e. The van der Waals surface area contributed by atoms with Gasteiger partial charge in [0.15, 0.2) is 17.4 Å². The van der Waals surface area contributed by atoms with Crippen LogP contribution in [0.25, 0.3) is 0 Å². The number of hydrogen-bond acceptors (Lipinski definition) is 2. The van der Waals surface area contributed by atoms with E-state index in [1.807, 2.05) is 13.8 Å². The summed E-state index contributed by atoms with van der Waals surface area (Å²) < 4.78 is 32.9. The van der Waals surface area contributed by atoms with Gasteiger partial charge < -0.3 is 4.74 Å². The third-order valence-corrected chi connectivity index (χ3v) is 2.99. The molecule has 0 aromatic heterocycles. The van der Waals surface area contributed by atoms with Gasteiger partial charge in [0, 0.05) is 5.56 Å². The second-order valence-electron chi connectivity index (χ2n) is 5.08. The molecule has 4 heteroatoms. The Balaban J connectivity index is 2.39. The van der Waals surface area contributed by atoms with Crippen molar-refractivity contribution >= 4 is 5.78 Å². The van der Waals surface area contributed by atoms with Crippen molar-refractivity contribution < 1.29 is 18.3 Å². The van der Waals surface area contributed by atoms with E-state index in [4.69, 9.17) is 4.74 Å². The summed E-state index contributed by atoms with van der Waals surface area (Å²) in [4.78, 5) is 12.3. The molecule has 0 radical (unpaired) electrons. The Labute approximate surface area is 122 Å². The minimum absolute atomic E-state index is 0.0380. The first-order valence-corrected chi connectivity index (χ1v) is 6.66. The molecule has 0 atom stereocenters. The Morgan fingerprint density at radius 2 is 1.81 bits per heavy atom. The molecule has 2 rings (SSSR count). The maximum atomic E-state index is 13.9. The fourth-order valence-electron chi connectivity index (χ4n) is 1.96. The number of carbonyl (C=O) groups excluding carboxylic acids is 1. The van der Waals surface area contributed by atoms with Gasteiger partial charge in [-0.3, -0.25) is 4.79 Å². The highest BCUT2D eigenvalue weighted by Crippen LogP contribution is 2.21. The van der Waals surface area contributed by atoms with Crippen molar-refractivity contribution in [3.63, 3.8) is 0 Å². The molecule has 0 bridgehead atoms. The highest BCUT2D eigenvalue weighted by molar-refractivity contribution is 6.09. The number of benzene rings is 2. The maximum absolute atomic E-state index is 13.9. The SMILES string of the molecule is Cc1ccc(C(=O)c2cccc(OC(C)C)c2)c(F)c1F. The summed E-state index contributed by atoms with van der Waals surface area (Å²) in [5.74, 6) is -2.16. The van der Waals surface area contributed by atoms with Crippen LogP contribution in [0.3, 0.4) is 0 Å². The van der Waals surface area contributed by atoms with E-state index in [-0.39, 0.29) is 22.8 Å². The molecular weight excluding hydrogens is 274 g/mol. The normalized spacial score (nSPS) is 10.8. The minimum atomic E-state index is -1.12. The predicted molar refractivity (Wildman–Crippen MR) is 76.7 cm³/mol. The first-order valence-electron chi connectivity index (χ1n) is 6.66. The number of rotatable bonds is 4. The van der Waals surface area contributed by atoms with Gasteiger partial charge in [-0.25, -0.2) is 8.78 Å². The Morgan fingerprint density at radius 3 is 2.48 bits per heavy atom. The molecule has 21 heavy (non-hydrogen) atoms. The van der Waals surface area contributed by atoms with E-state index in [0.717, 1.165) is 0 Å². The fourth-order valence-corrected chi connectivity index (χ4v) is 1.96. The smallest absolute Gasteiger partial charge is 0.196 e. The van der Waals surface area contributed by atoms with Gasteiger partial charge in [-0.2, -0.15) is 0 Å². The number of halogens is 2. The molecule has 0 heterocycles. The van der Waals surface area contributed by atoms with Gasteiger partial charge in [0.25, 0.3) is 0 Å². The molecule has 0 aliphatic heterocycles. The van der Waals surface area contributed by atoms with Gasteiger partial charge in [-0.05, 0) is 44.5 Å². The van der Waals surface area contributed by atoms with Crippen molar-refractivity contribution in [2.45, 2.75) is 26.9 Å². The topological polar surface area (TPSA) is 26.3 Å². The molecule has 0 fully saturated rings. The maximum Gasteiger partial charge on any atom is 0.196 e. The van der Waals surface area contributed by atoms with Gasteiger partial charge in [0.05, 0.1) is 11.7 Å². The van der Waals surface area contributed by atoms with Crippen LogP contribution in [0, 0.1) is 18.6 Å². The summed E-state index contributed by atoms with van der Waals surface area (Å²) in [6.07, 6.45) is -0.0380. The van der Waals surface area contributed by atoms with Gasteiger partial charge in [0.1, 0.15) is 5.75 Å². The van der Waals surface area contributed by atoms with E-state index in [2.05, 4.69) is 0 Å². The third kappa shape index (κ3) is 3.27. The van der Waals surface area contributed by atoms with Gasteiger partial charge >= 0.3 is 0 Å². The van der Waals surface area contributed by atoms with Gasteiger partial charge in [0.2, 0.25) is 0 Å². The Bertz CT molecular complexity index is 678. The monoisotopic (exact) mass is 290 g/mol. The molecule has 0 spiro atoms. The Kier molecular flexibility index (Phi) is 4.36. The molecule has 0 unspecified atom stereocenters. The van der Waals surface area contributed by atoms with E-state index in [0.29, 0.717) is 5.75 Å². The quantitative estimate of drug-likeness (QED) is 0.785. The lowest BCUT2D eigenvalue weighted by Crippen LogP contribution is -2.09. The highest BCUT2D eigenvalue weighted by atomic mass is 19.2. The molecule has 0 saturated carbocycles. The van der Waals surface area contributed by atoms with Crippen LogP contribution in [0.5, 0.6) is 5.75 Å². The zero-order chi connectivity index (χ0) is 15.6. The van der Waals surface area contributed by atoms with Crippen LogP contribution in [0.15, 0.2) is 36.4 Å². The van der Waals surface area contributed by atoms with Gasteiger partial charge in [-0.15, -0.1) is 0 Å². The number of ether oxygens (including phenoxy) is 1. The molecule has 0 amide bonds. The molecule has 0 saturated heterocycles. The number of carbonyl (C=O) groups is 1. The summed E-state index contributed by atoms with van der Waals surface area (Å²) >= 11 is 0. The van der Waals surface area contributed by atoms with Crippen LogP contribution in [0.4, 0.5) is 8.78 Å². The molecule has 2 aromatic rings. The number of aryl methyl sites for hydroxylation is 1.